The molecule has 2 aromatic rings. The summed E-state index contributed by atoms with van der Waals surface area (Å²) in [5.41, 5.74) is 0.720. The molecule has 1 fully saturated rings. The van der Waals surface area contributed by atoms with Crippen molar-refractivity contribution < 1.29 is 4.52 Å². The molecular weight excluding hydrogens is 305 g/mol. The van der Waals surface area contributed by atoms with E-state index in [0.29, 0.717) is 20.5 Å². The van der Waals surface area contributed by atoms with E-state index in [-0.39, 0.29) is 0 Å². The van der Waals surface area contributed by atoms with Gasteiger partial charge in [-0.15, -0.1) is 11.3 Å². The molecule has 3 heterocycles. The zero-order valence-corrected chi connectivity index (χ0v) is 12.5. The van der Waals surface area contributed by atoms with Crippen LogP contribution in [0.2, 0.25) is 8.67 Å². The second kappa shape index (κ2) is 5.79. The molecule has 1 saturated heterocycles. The Morgan fingerprint density at radius 1 is 1.47 bits per heavy atom. The van der Waals surface area contributed by atoms with Gasteiger partial charge in [0.2, 0.25) is 0 Å². The van der Waals surface area contributed by atoms with Crippen molar-refractivity contribution in [3.05, 3.63) is 20.6 Å². The molecule has 102 valence electrons. The summed E-state index contributed by atoms with van der Waals surface area (Å²) >= 11 is 13.3. The quantitative estimate of drug-likeness (QED) is 0.938. The normalized spacial score (nSPS) is 19.8. The highest BCUT2D eigenvalue weighted by Crippen LogP contribution is 2.37. The number of nitrogens with one attached hydrogen (secondary N) is 1. The van der Waals surface area contributed by atoms with Crippen LogP contribution >= 0.6 is 34.5 Å². The van der Waals surface area contributed by atoms with Crippen LogP contribution < -0.4 is 5.32 Å². The molecule has 3 rings (SSSR count). The molecule has 0 spiro atoms. The van der Waals surface area contributed by atoms with Crippen molar-refractivity contribution >= 4 is 34.5 Å². The molecule has 0 bridgehead atoms. The zero-order valence-electron chi connectivity index (χ0n) is 10.2. The van der Waals surface area contributed by atoms with Crippen LogP contribution in [-0.2, 0) is 6.42 Å². The fourth-order valence-corrected chi connectivity index (χ4v) is 3.74. The average molecular weight is 318 g/mol. The van der Waals surface area contributed by atoms with Gasteiger partial charge < -0.3 is 9.84 Å². The summed E-state index contributed by atoms with van der Waals surface area (Å²) in [5, 5.41) is 7.41. The number of nitrogens with zero attached hydrogens (tertiary/aromatic N) is 2. The molecule has 0 aliphatic carbocycles. The molecule has 0 radical (unpaired) electrons. The van der Waals surface area contributed by atoms with Gasteiger partial charge in [-0.05, 0) is 37.9 Å². The Kier molecular flexibility index (Phi) is 4.07. The third-order valence-corrected chi connectivity index (χ3v) is 4.71. The van der Waals surface area contributed by atoms with E-state index >= 15 is 0 Å². The van der Waals surface area contributed by atoms with E-state index in [1.807, 2.05) is 0 Å². The molecule has 1 atom stereocenters. The summed E-state index contributed by atoms with van der Waals surface area (Å²) in [6.07, 6.45) is 3.26. The van der Waals surface area contributed by atoms with Crippen LogP contribution in [-0.4, -0.2) is 23.2 Å². The molecule has 1 aliphatic heterocycles. The number of rotatable bonds is 3. The highest BCUT2D eigenvalue weighted by molar-refractivity contribution is 7.20. The maximum Gasteiger partial charge on any atom is 0.260 e. The Morgan fingerprint density at radius 3 is 3.05 bits per heavy atom. The molecule has 19 heavy (non-hydrogen) atoms. The minimum atomic E-state index is 0.451. The van der Waals surface area contributed by atoms with Gasteiger partial charge in [-0.25, -0.2) is 0 Å². The standard InChI is InChI=1S/C12H13Cl2N3OS/c13-9-5-8(11(14)19-9)12-16-10(17-18-12)4-7-2-1-3-15-6-7/h5,7,15H,1-4,6H2. The summed E-state index contributed by atoms with van der Waals surface area (Å²) in [7, 11) is 0. The van der Waals surface area contributed by atoms with Crippen LogP contribution in [0.15, 0.2) is 10.6 Å². The van der Waals surface area contributed by atoms with Gasteiger partial charge in [-0.2, -0.15) is 4.98 Å². The Hall–Kier alpha value is -0.620. The summed E-state index contributed by atoms with van der Waals surface area (Å²) in [4.78, 5) is 4.41. The van der Waals surface area contributed by atoms with Gasteiger partial charge in [0.1, 0.15) is 4.34 Å². The average Bonchev–Trinajstić information content (AvgIpc) is 2.97. The third kappa shape index (κ3) is 3.11. The van der Waals surface area contributed by atoms with Gasteiger partial charge in [0.15, 0.2) is 5.82 Å². The van der Waals surface area contributed by atoms with E-state index in [4.69, 9.17) is 27.7 Å². The third-order valence-electron chi connectivity index (χ3n) is 3.23. The van der Waals surface area contributed by atoms with E-state index in [1.54, 1.807) is 6.07 Å². The molecule has 7 heteroatoms. The SMILES string of the molecule is Clc1cc(-c2nc(CC3CCCNC3)no2)c(Cl)s1. The smallest absolute Gasteiger partial charge is 0.260 e. The Morgan fingerprint density at radius 2 is 2.37 bits per heavy atom. The monoisotopic (exact) mass is 317 g/mol. The van der Waals surface area contributed by atoms with Crippen molar-refractivity contribution in [1.29, 1.82) is 0 Å². The number of hydrogen-bond donors (Lipinski definition) is 1. The van der Waals surface area contributed by atoms with Crippen molar-refractivity contribution in [2.24, 2.45) is 5.92 Å². The van der Waals surface area contributed by atoms with Gasteiger partial charge in [0.05, 0.1) is 9.90 Å². The lowest BCUT2D eigenvalue weighted by molar-refractivity contribution is 0.360. The molecule has 1 N–H and O–H groups in total. The highest BCUT2D eigenvalue weighted by atomic mass is 35.5. The maximum atomic E-state index is 6.08. The Labute approximate surface area is 125 Å². The van der Waals surface area contributed by atoms with E-state index in [2.05, 4.69) is 15.5 Å². The van der Waals surface area contributed by atoms with Crippen LogP contribution in [0.25, 0.3) is 11.5 Å². The summed E-state index contributed by atoms with van der Waals surface area (Å²) in [6, 6.07) is 1.76. The lowest BCUT2D eigenvalue weighted by Gasteiger charge is -2.20. The van der Waals surface area contributed by atoms with Gasteiger partial charge in [-0.3, -0.25) is 0 Å². The fourth-order valence-electron chi connectivity index (χ4n) is 2.29. The van der Waals surface area contributed by atoms with Crippen molar-refractivity contribution in [3.63, 3.8) is 0 Å². The van der Waals surface area contributed by atoms with Crippen LogP contribution in [0.4, 0.5) is 0 Å². The molecule has 2 aromatic heterocycles. The molecular formula is C12H13Cl2N3OS. The molecule has 1 aliphatic rings. The van der Waals surface area contributed by atoms with Crippen LogP contribution in [0.1, 0.15) is 18.7 Å². The molecule has 0 amide bonds. The minimum absolute atomic E-state index is 0.451. The summed E-state index contributed by atoms with van der Waals surface area (Å²) < 4.78 is 6.47. The summed E-state index contributed by atoms with van der Waals surface area (Å²) in [5.74, 6) is 1.77. The number of hydrogen-bond acceptors (Lipinski definition) is 5. The van der Waals surface area contributed by atoms with E-state index < -0.39 is 0 Å². The van der Waals surface area contributed by atoms with Crippen LogP contribution in [0.3, 0.4) is 0 Å². The minimum Gasteiger partial charge on any atom is -0.334 e. The zero-order chi connectivity index (χ0) is 13.2. The number of thiophene rings is 1. The molecule has 0 saturated carbocycles. The first kappa shape index (κ1) is 13.4. The molecule has 0 aromatic carbocycles. The van der Waals surface area contributed by atoms with E-state index in [1.165, 1.54) is 24.2 Å². The maximum absolute atomic E-state index is 6.08. The van der Waals surface area contributed by atoms with Crippen molar-refractivity contribution in [2.45, 2.75) is 19.3 Å². The first-order chi connectivity index (χ1) is 9.22. The summed E-state index contributed by atoms with van der Waals surface area (Å²) in [6.45, 7) is 2.13. The lowest BCUT2D eigenvalue weighted by Crippen LogP contribution is -2.31. The van der Waals surface area contributed by atoms with Crippen molar-refractivity contribution in [2.75, 3.05) is 13.1 Å². The number of aromatic nitrogens is 2. The van der Waals surface area contributed by atoms with Crippen molar-refractivity contribution in [3.8, 4) is 11.5 Å². The van der Waals surface area contributed by atoms with Gasteiger partial charge in [0, 0.05) is 6.42 Å². The van der Waals surface area contributed by atoms with Crippen LogP contribution in [0.5, 0.6) is 0 Å². The molecule has 4 nitrogen and oxygen atoms in total. The Balaban J connectivity index is 1.74. The Bertz CT molecular complexity index is 563. The topological polar surface area (TPSA) is 51.0 Å². The number of halogens is 2. The first-order valence-electron chi connectivity index (χ1n) is 6.21. The fraction of sp³-hybridized carbons (Fsp3) is 0.500. The van der Waals surface area contributed by atoms with Crippen molar-refractivity contribution in [1.82, 2.24) is 15.5 Å². The second-order valence-electron chi connectivity index (χ2n) is 4.67. The molecule has 1 unspecified atom stereocenters. The predicted molar refractivity (Wildman–Crippen MR) is 76.9 cm³/mol. The van der Waals surface area contributed by atoms with Gasteiger partial charge >= 0.3 is 0 Å². The van der Waals surface area contributed by atoms with E-state index in [0.717, 1.165) is 30.9 Å². The van der Waals surface area contributed by atoms with Gasteiger partial charge in [-0.1, -0.05) is 28.4 Å². The lowest BCUT2D eigenvalue weighted by atomic mass is 9.96. The van der Waals surface area contributed by atoms with E-state index in [9.17, 15) is 0 Å². The second-order valence-corrected chi connectivity index (χ2v) is 6.96. The largest absolute Gasteiger partial charge is 0.334 e. The number of piperidine rings is 1. The first-order valence-corrected chi connectivity index (χ1v) is 7.78. The predicted octanol–water partition coefficient (Wildman–Crippen LogP) is 3.65. The highest BCUT2D eigenvalue weighted by Gasteiger charge is 2.19. The van der Waals surface area contributed by atoms with Crippen LogP contribution in [0, 0.1) is 5.92 Å². The van der Waals surface area contributed by atoms with Gasteiger partial charge in [0.25, 0.3) is 5.89 Å².